The molecule has 0 N–H and O–H groups in total. The van der Waals surface area contributed by atoms with Gasteiger partial charge in [-0.2, -0.15) is 0 Å². The lowest BCUT2D eigenvalue weighted by molar-refractivity contribution is 0.650. The summed E-state index contributed by atoms with van der Waals surface area (Å²) < 4.78 is 6.29. The third-order valence-electron chi connectivity index (χ3n) is 6.02. The van der Waals surface area contributed by atoms with Crippen molar-refractivity contribution in [3.05, 3.63) is 84.7 Å². The normalized spacial score (nSPS) is 12.0. The molecule has 0 saturated carbocycles. The molecule has 0 radical (unpaired) electrons. The van der Waals surface area contributed by atoms with Crippen LogP contribution in [-0.2, 0) is 6.42 Å². The molecule has 0 amide bonds. The van der Waals surface area contributed by atoms with Crippen LogP contribution in [0.25, 0.3) is 54.9 Å². The van der Waals surface area contributed by atoms with Crippen molar-refractivity contribution in [2.45, 2.75) is 20.3 Å². The number of furan rings is 1. The van der Waals surface area contributed by atoms with Crippen LogP contribution in [0.15, 0.2) is 83.5 Å². The van der Waals surface area contributed by atoms with Crippen LogP contribution in [-0.4, -0.2) is 9.97 Å². The summed E-state index contributed by atoms with van der Waals surface area (Å²) in [5, 5.41) is 5.74. The fourth-order valence-electron chi connectivity index (χ4n) is 4.73. The lowest BCUT2D eigenvalue weighted by Crippen LogP contribution is -1.97. The number of para-hydroxylation sites is 2. The van der Waals surface area contributed by atoms with Gasteiger partial charge in [0.25, 0.3) is 0 Å². The van der Waals surface area contributed by atoms with Gasteiger partial charge in [-0.25, -0.2) is 9.97 Å². The molecule has 2 heterocycles. The van der Waals surface area contributed by atoms with Gasteiger partial charge in [0.05, 0.1) is 11.2 Å². The van der Waals surface area contributed by atoms with Crippen molar-refractivity contribution in [3.8, 4) is 11.3 Å². The Morgan fingerprint density at radius 3 is 2.52 bits per heavy atom. The average Bonchev–Trinajstić information content (AvgIpc) is 3.17. The lowest BCUT2D eigenvalue weighted by atomic mass is 9.94. The molecule has 3 nitrogen and oxygen atoms in total. The van der Waals surface area contributed by atoms with Crippen molar-refractivity contribution in [2.24, 2.45) is 5.92 Å². The van der Waals surface area contributed by atoms with E-state index in [1.807, 2.05) is 18.2 Å². The summed E-state index contributed by atoms with van der Waals surface area (Å²) in [5.74, 6) is 0.575. The van der Waals surface area contributed by atoms with E-state index in [0.717, 1.165) is 50.5 Å². The zero-order chi connectivity index (χ0) is 20.9. The van der Waals surface area contributed by atoms with Gasteiger partial charge in [0.1, 0.15) is 17.5 Å². The van der Waals surface area contributed by atoms with Crippen LogP contribution >= 0.6 is 0 Å². The highest BCUT2D eigenvalue weighted by Gasteiger charge is 2.17. The predicted octanol–water partition coefficient (Wildman–Crippen LogP) is 7.55. The smallest absolute Gasteiger partial charge is 0.144 e. The number of nitrogens with zero attached hydrogens (tertiary/aromatic N) is 2. The molecule has 0 fully saturated rings. The van der Waals surface area contributed by atoms with Gasteiger partial charge < -0.3 is 4.42 Å². The molecule has 0 bridgehead atoms. The quantitative estimate of drug-likeness (QED) is 0.287. The Balaban J connectivity index is 1.69. The van der Waals surface area contributed by atoms with E-state index in [-0.39, 0.29) is 0 Å². The second-order valence-corrected chi connectivity index (χ2v) is 8.58. The van der Waals surface area contributed by atoms with E-state index in [9.17, 15) is 0 Å². The zero-order valence-corrected chi connectivity index (χ0v) is 17.6. The van der Waals surface area contributed by atoms with Crippen LogP contribution in [0.2, 0.25) is 0 Å². The Bertz CT molecular complexity index is 1590. The van der Waals surface area contributed by atoms with Crippen molar-refractivity contribution in [1.82, 2.24) is 9.97 Å². The molecule has 0 atom stereocenters. The Hall–Kier alpha value is -3.72. The SMILES string of the molecule is CC(C)Cc1cccc2ccc3c(-c4cccc5c4oc4ccccc45)ncnc3c12. The van der Waals surface area contributed by atoms with Crippen molar-refractivity contribution >= 4 is 43.6 Å². The number of hydrogen-bond donors (Lipinski definition) is 0. The summed E-state index contributed by atoms with van der Waals surface area (Å²) in [6, 6.07) is 25.3. The maximum absolute atomic E-state index is 6.29. The van der Waals surface area contributed by atoms with Gasteiger partial charge in [0.15, 0.2) is 0 Å². The largest absolute Gasteiger partial charge is 0.455 e. The van der Waals surface area contributed by atoms with Crippen molar-refractivity contribution in [1.29, 1.82) is 0 Å². The molecule has 0 aliphatic heterocycles. The highest BCUT2D eigenvalue weighted by molar-refractivity contribution is 6.14. The van der Waals surface area contributed by atoms with E-state index < -0.39 is 0 Å². The van der Waals surface area contributed by atoms with Crippen molar-refractivity contribution < 1.29 is 4.42 Å². The zero-order valence-electron chi connectivity index (χ0n) is 17.6. The number of fused-ring (bicyclic) bond motifs is 6. The van der Waals surface area contributed by atoms with Gasteiger partial charge in [-0.15, -0.1) is 0 Å². The Labute approximate surface area is 180 Å². The molecule has 31 heavy (non-hydrogen) atoms. The van der Waals surface area contributed by atoms with E-state index in [1.165, 1.54) is 16.3 Å². The topological polar surface area (TPSA) is 38.9 Å². The summed E-state index contributed by atoms with van der Waals surface area (Å²) >= 11 is 0. The number of aromatic nitrogens is 2. The second kappa shape index (κ2) is 6.92. The highest BCUT2D eigenvalue weighted by atomic mass is 16.3. The van der Waals surface area contributed by atoms with Gasteiger partial charge in [-0.3, -0.25) is 0 Å². The molecule has 0 unspecified atom stereocenters. The highest BCUT2D eigenvalue weighted by Crippen LogP contribution is 2.38. The summed E-state index contributed by atoms with van der Waals surface area (Å²) in [6.45, 7) is 4.51. The van der Waals surface area contributed by atoms with E-state index in [2.05, 4.69) is 68.4 Å². The third-order valence-corrected chi connectivity index (χ3v) is 6.02. The first-order valence-electron chi connectivity index (χ1n) is 10.8. The van der Waals surface area contributed by atoms with E-state index in [1.54, 1.807) is 6.33 Å². The number of rotatable bonds is 3. The first-order chi connectivity index (χ1) is 15.2. The van der Waals surface area contributed by atoms with Gasteiger partial charge in [0.2, 0.25) is 0 Å². The first-order valence-corrected chi connectivity index (χ1v) is 10.8. The summed E-state index contributed by atoms with van der Waals surface area (Å²) in [7, 11) is 0. The molecule has 0 aliphatic rings. The molecule has 6 rings (SSSR count). The maximum Gasteiger partial charge on any atom is 0.144 e. The van der Waals surface area contributed by atoms with Crippen LogP contribution in [0.5, 0.6) is 0 Å². The summed E-state index contributed by atoms with van der Waals surface area (Å²) in [6.07, 6.45) is 2.71. The molecule has 0 spiro atoms. The van der Waals surface area contributed by atoms with Crippen molar-refractivity contribution in [3.63, 3.8) is 0 Å². The fourth-order valence-corrected chi connectivity index (χ4v) is 4.73. The van der Waals surface area contributed by atoms with E-state index in [0.29, 0.717) is 5.92 Å². The molecule has 0 aliphatic carbocycles. The van der Waals surface area contributed by atoms with Crippen LogP contribution in [0.4, 0.5) is 0 Å². The number of hydrogen-bond acceptors (Lipinski definition) is 3. The maximum atomic E-state index is 6.29. The molecular formula is C28H22N2O. The van der Waals surface area contributed by atoms with Crippen LogP contribution in [0.3, 0.4) is 0 Å². The van der Waals surface area contributed by atoms with Gasteiger partial charge >= 0.3 is 0 Å². The Morgan fingerprint density at radius 2 is 1.61 bits per heavy atom. The minimum Gasteiger partial charge on any atom is -0.455 e. The first kappa shape index (κ1) is 18.1. The Morgan fingerprint density at radius 1 is 0.774 bits per heavy atom. The molecule has 150 valence electrons. The average molecular weight is 402 g/mol. The number of benzene rings is 4. The van der Waals surface area contributed by atoms with Crippen LogP contribution in [0.1, 0.15) is 19.4 Å². The molecule has 3 heteroatoms. The van der Waals surface area contributed by atoms with E-state index >= 15 is 0 Å². The molecule has 2 aromatic heterocycles. The fraction of sp³-hybridized carbons (Fsp3) is 0.143. The molecule has 6 aromatic rings. The summed E-state index contributed by atoms with van der Waals surface area (Å²) in [4.78, 5) is 9.47. The third kappa shape index (κ3) is 2.81. The monoisotopic (exact) mass is 402 g/mol. The minimum atomic E-state index is 0.575. The van der Waals surface area contributed by atoms with Gasteiger partial charge in [-0.1, -0.05) is 68.4 Å². The molecule has 4 aromatic carbocycles. The van der Waals surface area contributed by atoms with Gasteiger partial charge in [0, 0.05) is 27.1 Å². The van der Waals surface area contributed by atoms with Crippen LogP contribution < -0.4 is 0 Å². The molecular weight excluding hydrogens is 380 g/mol. The Kier molecular flexibility index (Phi) is 4.03. The van der Waals surface area contributed by atoms with Crippen LogP contribution in [0, 0.1) is 5.92 Å². The predicted molar refractivity (Wildman–Crippen MR) is 128 cm³/mol. The van der Waals surface area contributed by atoms with Crippen molar-refractivity contribution in [2.75, 3.05) is 0 Å². The lowest BCUT2D eigenvalue weighted by Gasteiger charge is -2.13. The summed E-state index contributed by atoms with van der Waals surface area (Å²) in [5.41, 5.74) is 6.03. The minimum absolute atomic E-state index is 0.575. The second-order valence-electron chi connectivity index (χ2n) is 8.58. The van der Waals surface area contributed by atoms with Gasteiger partial charge in [-0.05, 0) is 41.5 Å². The standard InChI is InChI=1S/C28H22N2O/c1-17(2)15-19-8-5-7-18-13-14-22-26(29-16-30-27(22)25(18)19)23-11-6-10-21-20-9-3-4-12-24(20)31-28(21)23/h3-14,16-17H,15H2,1-2H3. The molecule has 0 saturated heterocycles. The van der Waals surface area contributed by atoms with E-state index in [4.69, 9.17) is 14.4 Å².